The van der Waals surface area contributed by atoms with Crippen LogP contribution in [0.4, 0.5) is 17.1 Å². The van der Waals surface area contributed by atoms with E-state index in [0.29, 0.717) is 32.9 Å². The first-order chi connectivity index (χ1) is 13.9. The zero-order chi connectivity index (χ0) is 20.5. The summed E-state index contributed by atoms with van der Waals surface area (Å²) >= 11 is 12.0. The van der Waals surface area contributed by atoms with E-state index in [4.69, 9.17) is 33.7 Å². The summed E-state index contributed by atoms with van der Waals surface area (Å²) in [5.41, 5.74) is 9.63. The van der Waals surface area contributed by atoms with Gasteiger partial charge in [-0.2, -0.15) is 0 Å². The summed E-state index contributed by atoms with van der Waals surface area (Å²) < 4.78 is 5.95. The molecule has 0 amide bonds. The quantitative estimate of drug-likeness (QED) is 0.324. The number of aryl methyl sites for hydroxylation is 2. The Morgan fingerprint density at radius 3 is 2.41 bits per heavy atom. The van der Waals surface area contributed by atoms with Crippen LogP contribution >= 0.6 is 23.2 Å². The Kier molecular flexibility index (Phi) is 5.26. The van der Waals surface area contributed by atoms with Gasteiger partial charge in [-0.15, -0.1) is 0 Å². The van der Waals surface area contributed by atoms with Crippen molar-refractivity contribution in [2.75, 3.05) is 11.1 Å². The molecule has 0 unspecified atom stereocenters. The lowest BCUT2D eigenvalue weighted by atomic mass is 10.0. The Labute approximate surface area is 178 Å². The van der Waals surface area contributed by atoms with E-state index in [1.54, 1.807) is 6.07 Å². The van der Waals surface area contributed by atoms with Gasteiger partial charge in [0.15, 0.2) is 11.5 Å². The molecule has 3 aromatic rings. The maximum atomic E-state index is 11.5. The van der Waals surface area contributed by atoms with Gasteiger partial charge in [0.05, 0.1) is 27.0 Å². The Hall–Kier alpha value is -2.89. The predicted octanol–water partition coefficient (Wildman–Crippen LogP) is 6.30. The van der Waals surface area contributed by atoms with E-state index in [1.807, 2.05) is 36.4 Å². The summed E-state index contributed by atoms with van der Waals surface area (Å²) in [5.74, 6) is -0.0126. The third kappa shape index (κ3) is 4.11. The zero-order valence-corrected chi connectivity index (χ0v) is 16.8. The van der Waals surface area contributed by atoms with Crippen LogP contribution in [-0.2, 0) is 12.8 Å². The number of nitrogens with one attached hydrogen (secondary N) is 1. The first-order valence-electron chi connectivity index (χ1n) is 9.09. The molecule has 0 saturated heterocycles. The highest BCUT2D eigenvalue weighted by Crippen LogP contribution is 2.45. The van der Waals surface area contributed by atoms with Crippen LogP contribution in [0.2, 0.25) is 10.0 Å². The molecule has 0 saturated carbocycles. The number of aromatic carboxylic acids is 1. The molecule has 1 aliphatic rings. The molecule has 5 nitrogen and oxygen atoms in total. The fourth-order valence-electron chi connectivity index (χ4n) is 3.37. The van der Waals surface area contributed by atoms with Crippen LogP contribution in [0.5, 0.6) is 11.5 Å². The average Bonchev–Trinajstić information content (AvgIpc) is 2.68. The van der Waals surface area contributed by atoms with Gasteiger partial charge in [0, 0.05) is 11.8 Å². The van der Waals surface area contributed by atoms with Crippen LogP contribution in [0.1, 0.15) is 27.9 Å². The fourth-order valence-corrected chi connectivity index (χ4v) is 3.69. The number of benzene rings is 3. The van der Waals surface area contributed by atoms with Crippen molar-refractivity contribution in [2.45, 2.75) is 19.3 Å². The van der Waals surface area contributed by atoms with E-state index in [9.17, 15) is 9.90 Å². The van der Waals surface area contributed by atoms with E-state index in [-0.39, 0.29) is 5.56 Å². The summed E-state index contributed by atoms with van der Waals surface area (Å²) in [6.45, 7) is 0. The molecule has 4 N–H and O–H groups in total. The van der Waals surface area contributed by atoms with Gasteiger partial charge in [-0.1, -0.05) is 35.3 Å². The molecular formula is C22H18Cl2N2O3. The van der Waals surface area contributed by atoms with Crippen molar-refractivity contribution in [1.82, 2.24) is 0 Å². The van der Waals surface area contributed by atoms with Crippen LogP contribution < -0.4 is 15.8 Å². The van der Waals surface area contributed by atoms with Crippen molar-refractivity contribution in [3.8, 4) is 11.5 Å². The number of fused-ring (bicyclic) bond motifs is 2. The molecule has 4 rings (SSSR count). The van der Waals surface area contributed by atoms with Crippen molar-refractivity contribution in [3.05, 3.63) is 75.3 Å². The monoisotopic (exact) mass is 428 g/mol. The molecule has 1 heterocycles. The second kappa shape index (κ2) is 7.85. The van der Waals surface area contributed by atoms with Crippen molar-refractivity contribution in [3.63, 3.8) is 0 Å². The Morgan fingerprint density at radius 2 is 1.69 bits per heavy atom. The number of nitrogen functional groups attached to an aromatic ring is 1. The zero-order valence-electron chi connectivity index (χ0n) is 15.3. The van der Waals surface area contributed by atoms with Crippen molar-refractivity contribution >= 4 is 46.2 Å². The number of carbonyl (C=O) groups is 1. The molecule has 0 aliphatic carbocycles. The van der Waals surface area contributed by atoms with Gasteiger partial charge in [-0.25, -0.2) is 4.79 Å². The summed E-state index contributed by atoms with van der Waals surface area (Å²) in [6, 6.07) is 14.6. The van der Waals surface area contributed by atoms with E-state index in [0.717, 1.165) is 36.1 Å². The Morgan fingerprint density at radius 1 is 0.966 bits per heavy atom. The largest absolute Gasteiger partial charge is 0.478 e. The average molecular weight is 429 g/mol. The van der Waals surface area contributed by atoms with E-state index >= 15 is 0 Å². The minimum Gasteiger partial charge on any atom is -0.478 e. The van der Waals surface area contributed by atoms with Crippen LogP contribution in [0.3, 0.4) is 0 Å². The third-order valence-electron chi connectivity index (χ3n) is 4.80. The van der Waals surface area contributed by atoms with Crippen LogP contribution in [-0.4, -0.2) is 11.1 Å². The molecule has 0 bridgehead atoms. The summed E-state index contributed by atoms with van der Waals surface area (Å²) in [6.07, 6.45) is 2.69. The molecule has 7 heteroatoms. The van der Waals surface area contributed by atoms with Crippen LogP contribution in [0.15, 0.2) is 48.5 Å². The molecule has 0 atom stereocenters. The van der Waals surface area contributed by atoms with E-state index in [1.165, 1.54) is 6.07 Å². The lowest BCUT2D eigenvalue weighted by molar-refractivity contribution is 0.0697. The molecule has 29 heavy (non-hydrogen) atoms. The van der Waals surface area contributed by atoms with Gasteiger partial charge in [0.25, 0.3) is 0 Å². The number of halogens is 2. The number of anilines is 3. The van der Waals surface area contributed by atoms with E-state index < -0.39 is 5.97 Å². The molecule has 1 aliphatic heterocycles. The number of carboxylic acids is 1. The highest BCUT2D eigenvalue weighted by Gasteiger charge is 2.23. The van der Waals surface area contributed by atoms with Crippen molar-refractivity contribution < 1.29 is 14.6 Å². The molecule has 0 spiro atoms. The van der Waals surface area contributed by atoms with Crippen LogP contribution in [0, 0.1) is 0 Å². The summed E-state index contributed by atoms with van der Waals surface area (Å²) in [4.78, 5) is 11.5. The first kappa shape index (κ1) is 19.4. The second-order valence-corrected chi connectivity index (χ2v) is 7.72. The van der Waals surface area contributed by atoms with Gasteiger partial charge >= 0.3 is 5.97 Å². The maximum absolute atomic E-state index is 11.5. The predicted molar refractivity (Wildman–Crippen MR) is 116 cm³/mol. The van der Waals surface area contributed by atoms with Gasteiger partial charge in [0.1, 0.15) is 0 Å². The minimum absolute atomic E-state index is 0.0800. The smallest absolute Gasteiger partial charge is 0.338 e. The first-order valence-corrected chi connectivity index (χ1v) is 9.85. The number of nitrogens with two attached hydrogens (primary N) is 1. The van der Waals surface area contributed by atoms with Crippen molar-refractivity contribution in [2.24, 2.45) is 0 Å². The Balaban J connectivity index is 1.48. The number of hydrogen-bond donors (Lipinski definition) is 3. The number of hydrogen-bond acceptors (Lipinski definition) is 4. The number of carboxylic acid groups (broad SMARTS) is 1. The van der Waals surface area contributed by atoms with E-state index in [2.05, 4.69) is 5.32 Å². The van der Waals surface area contributed by atoms with Gasteiger partial charge in [0.2, 0.25) is 0 Å². The molecule has 3 aromatic carbocycles. The summed E-state index contributed by atoms with van der Waals surface area (Å²) in [7, 11) is 0. The lowest BCUT2D eigenvalue weighted by Gasteiger charge is -2.24. The minimum atomic E-state index is -1.06. The highest BCUT2D eigenvalue weighted by atomic mass is 35.5. The highest BCUT2D eigenvalue weighted by molar-refractivity contribution is 6.42. The second-order valence-electron chi connectivity index (χ2n) is 6.91. The van der Waals surface area contributed by atoms with Crippen LogP contribution in [0.25, 0.3) is 0 Å². The molecular weight excluding hydrogens is 411 g/mol. The van der Waals surface area contributed by atoms with Gasteiger partial charge in [-0.05, 0) is 60.7 Å². The number of rotatable bonds is 5. The Bertz CT molecular complexity index is 1120. The lowest BCUT2D eigenvalue weighted by Crippen LogP contribution is -2.10. The topological polar surface area (TPSA) is 84.6 Å². The molecule has 0 radical (unpaired) electrons. The summed E-state index contributed by atoms with van der Waals surface area (Å²) in [5, 5.41) is 13.7. The molecule has 0 aromatic heterocycles. The maximum Gasteiger partial charge on any atom is 0.338 e. The number of ether oxygens (including phenoxy) is 1. The SMILES string of the molecule is Nc1cc2c(c(C(=O)O)c1)Nc1ccc(CCCc3ccc(Cl)c(Cl)c3)cc1O2. The van der Waals surface area contributed by atoms with Gasteiger partial charge < -0.3 is 20.9 Å². The van der Waals surface area contributed by atoms with Crippen molar-refractivity contribution in [1.29, 1.82) is 0 Å². The van der Waals surface area contributed by atoms with Gasteiger partial charge in [-0.3, -0.25) is 0 Å². The standard InChI is InChI=1S/C22H18Cl2N2O3/c23-16-6-4-12(8-17(16)24)2-1-3-13-5-7-18-19(9-13)29-20-11-14(25)10-15(22(27)28)21(20)26-18/h4-11,26H,1-3,25H2,(H,27,28). The molecule has 148 valence electrons. The normalized spacial score (nSPS) is 11.8. The fraction of sp³-hybridized carbons (Fsp3) is 0.136. The molecule has 0 fully saturated rings. The third-order valence-corrected chi connectivity index (χ3v) is 5.53.